The van der Waals surface area contributed by atoms with Crippen molar-refractivity contribution < 1.29 is 11.0 Å². The van der Waals surface area contributed by atoms with E-state index in [2.05, 4.69) is 24.3 Å². The van der Waals surface area contributed by atoms with Gasteiger partial charge >= 0.3 is 56.4 Å². The Bertz CT molecular complexity index is 141. The maximum absolute atomic E-state index is 2.14. The molecular formula is C6H10O2Sn. The van der Waals surface area contributed by atoms with Gasteiger partial charge in [0.1, 0.15) is 0 Å². The van der Waals surface area contributed by atoms with E-state index in [9.17, 15) is 0 Å². The molecule has 0 aliphatic carbocycles. The Balaban J connectivity index is 0. The van der Waals surface area contributed by atoms with Crippen LogP contribution < -0.4 is 3.58 Å². The van der Waals surface area contributed by atoms with Gasteiger partial charge in [-0.25, -0.2) is 0 Å². The molecule has 0 atom stereocenters. The summed E-state index contributed by atoms with van der Waals surface area (Å²) in [4.78, 5) is 0. The molecule has 0 heterocycles. The van der Waals surface area contributed by atoms with Gasteiger partial charge in [0.15, 0.2) is 0 Å². The third-order valence-corrected chi connectivity index (χ3v) is 1.90. The van der Waals surface area contributed by atoms with Crippen LogP contribution in [0.25, 0.3) is 0 Å². The Morgan fingerprint density at radius 1 is 0.889 bits per heavy atom. The van der Waals surface area contributed by atoms with Crippen molar-refractivity contribution in [3.05, 3.63) is 30.3 Å². The van der Waals surface area contributed by atoms with Crippen LogP contribution in [-0.2, 0) is 0 Å². The first kappa shape index (κ1) is 11.7. The molecule has 0 spiro atoms. The molecule has 1 aromatic rings. The third kappa shape index (κ3) is 4.44. The van der Waals surface area contributed by atoms with Crippen molar-refractivity contribution in [2.24, 2.45) is 0 Å². The van der Waals surface area contributed by atoms with Gasteiger partial charge in [-0.05, 0) is 0 Å². The summed E-state index contributed by atoms with van der Waals surface area (Å²) in [6.45, 7) is 0. The number of hydrogen-bond acceptors (Lipinski definition) is 0. The minimum absolute atomic E-state index is 0. The quantitative estimate of drug-likeness (QED) is 0.493. The molecule has 1 aromatic carbocycles. The van der Waals surface area contributed by atoms with E-state index in [1.165, 1.54) is 26.1 Å². The zero-order valence-electron chi connectivity index (χ0n) is 4.96. The maximum atomic E-state index is 2.14. The first-order valence-electron chi connectivity index (χ1n) is 2.20. The molecule has 0 unspecified atom stereocenters. The van der Waals surface area contributed by atoms with Crippen LogP contribution in [0.2, 0.25) is 0 Å². The molecule has 0 bridgehead atoms. The van der Waals surface area contributed by atoms with Crippen LogP contribution >= 0.6 is 0 Å². The van der Waals surface area contributed by atoms with Crippen LogP contribution in [-0.4, -0.2) is 33.5 Å². The monoisotopic (exact) mass is 234 g/mol. The SMILES string of the molecule is O.O.[SnH][c]1ccccc1. The molecule has 4 N–H and O–H groups in total. The number of rotatable bonds is 0. The van der Waals surface area contributed by atoms with Gasteiger partial charge in [-0.15, -0.1) is 0 Å². The Kier molecular flexibility index (Phi) is 7.88. The van der Waals surface area contributed by atoms with E-state index in [1.54, 1.807) is 0 Å². The van der Waals surface area contributed by atoms with E-state index in [4.69, 9.17) is 0 Å². The Morgan fingerprint density at radius 3 is 1.56 bits per heavy atom. The van der Waals surface area contributed by atoms with E-state index in [0.717, 1.165) is 0 Å². The summed E-state index contributed by atoms with van der Waals surface area (Å²) in [5.41, 5.74) is 0. The van der Waals surface area contributed by atoms with Crippen molar-refractivity contribution in [3.63, 3.8) is 0 Å². The predicted molar refractivity (Wildman–Crippen MR) is 40.5 cm³/mol. The summed E-state index contributed by atoms with van der Waals surface area (Å²) in [7, 11) is 0. The summed E-state index contributed by atoms with van der Waals surface area (Å²) in [5, 5.41) is 0. The molecule has 1 rings (SSSR count). The molecule has 0 aliphatic heterocycles. The molecule has 0 aromatic heterocycles. The number of benzene rings is 1. The average molecular weight is 233 g/mol. The molecule has 9 heavy (non-hydrogen) atoms. The van der Waals surface area contributed by atoms with Crippen LogP contribution in [0, 0.1) is 0 Å². The Hall–Kier alpha value is -0.0613. The van der Waals surface area contributed by atoms with Crippen LogP contribution in [0.5, 0.6) is 0 Å². The van der Waals surface area contributed by atoms with Gasteiger partial charge in [-0.3, -0.25) is 0 Å². The normalized spacial score (nSPS) is 6.78. The fraction of sp³-hybridized carbons (Fsp3) is 0. The van der Waals surface area contributed by atoms with Crippen molar-refractivity contribution in [1.82, 2.24) is 0 Å². The van der Waals surface area contributed by atoms with Gasteiger partial charge in [0.25, 0.3) is 0 Å². The van der Waals surface area contributed by atoms with Gasteiger partial charge in [-0.2, -0.15) is 0 Å². The summed E-state index contributed by atoms with van der Waals surface area (Å²) in [5.74, 6) is 0. The van der Waals surface area contributed by atoms with Crippen LogP contribution in [0.15, 0.2) is 30.3 Å². The molecular weight excluding hydrogens is 223 g/mol. The number of hydrogen-bond donors (Lipinski definition) is 0. The summed E-state index contributed by atoms with van der Waals surface area (Å²) in [6.07, 6.45) is 0. The minimum atomic E-state index is 0. The van der Waals surface area contributed by atoms with Gasteiger partial charge in [0, 0.05) is 0 Å². The Labute approximate surface area is 67.6 Å². The summed E-state index contributed by atoms with van der Waals surface area (Å²) in [6, 6.07) is 10.5. The molecule has 2 nitrogen and oxygen atoms in total. The molecule has 0 saturated carbocycles. The van der Waals surface area contributed by atoms with Crippen molar-refractivity contribution >= 4 is 26.1 Å². The molecule has 0 amide bonds. The zero-order valence-corrected chi connectivity index (χ0v) is 8.26. The average Bonchev–Trinajstić information content (AvgIpc) is 1.69. The van der Waals surface area contributed by atoms with E-state index in [1.807, 2.05) is 6.07 Å². The van der Waals surface area contributed by atoms with Gasteiger partial charge in [0.05, 0.1) is 0 Å². The molecule has 3 heteroatoms. The summed E-state index contributed by atoms with van der Waals surface area (Å²) < 4.78 is 1.45. The van der Waals surface area contributed by atoms with Crippen molar-refractivity contribution in [2.45, 2.75) is 0 Å². The second kappa shape index (κ2) is 6.06. The van der Waals surface area contributed by atoms with Crippen molar-refractivity contribution in [3.8, 4) is 0 Å². The topological polar surface area (TPSA) is 63.0 Å². The van der Waals surface area contributed by atoms with E-state index in [0.29, 0.717) is 0 Å². The molecule has 0 aliphatic rings. The van der Waals surface area contributed by atoms with Crippen molar-refractivity contribution in [1.29, 1.82) is 0 Å². The van der Waals surface area contributed by atoms with E-state index >= 15 is 0 Å². The first-order chi connectivity index (χ1) is 3.39. The predicted octanol–water partition coefficient (Wildman–Crippen LogP) is -1.44. The molecule has 50 valence electrons. The first-order valence-corrected chi connectivity index (χ1v) is 3.85. The second-order valence-corrected chi connectivity index (χ2v) is 3.31. The molecule has 0 saturated heterocycles. The fourth-order valence-electron chi connectivity index (χ4n) is 0.453. The second-order valence-electron chi connectivity index (χ2n) is 1.41. The standard InChI is InChI=1S/C6H5.2H2O.Sn.H/c1-2-4-6-5-3-1;;;;/h1-5H;2*1H2;;. The van der Waals surface area contributed by atoms with Crippen molar-refractivity contribution in [2.75, 3.05) is 0 Å². The van der Waals surface area contributed by atoms with Crippen LogP contribution in [0.3, 0.4) is 0 Å². The van der Waals surface area contributed by atoms with Gasteiger partial charge < -0.3 is 11.0 Å². The van der Waals surface area contributed by atoms with Crippen LogP contribution in [0.4, 0.5) is 0 Å². The van der Waals surface area contributed by atoms with Crippen LogP contribution in [0.1, 0.15) is 0 Å². The molecule has 0 fully saturated rings. The van der Waals surface area contributed by atoms with E-state index in [-0.39, 0.29) is 11.0 Å². The Morgan fingerprint density at radius 2 is 1.33 bits per heavy atom. The molecule has 2 radical (unpaired) electrons. The van der Waals surface area contributed by atoms with Gasteiger partial charge in [-0.1, -0.05) is 0 Å². The van der Waals surface area contributed by atoms with E-state index < -0.39 is 0 Å². The third-order valence-electron chi connectivity index (χ3n) is 0.800. The fourth-order valence-corrected chi connectivity index (χ4v) is 1.09. The van der Waals surface area contributed by atoms with Gasteiger partial charge in [0.2, 0.25) is 0 Å². The summed E-state index contributed by atoms with van der Waals surface area (Å²) >= 11 is 1.23. The zero-order chi connectivity index (χ0) is 5.11.